The fraction of sp³-hybridized carbons (Fsp3) is 0.451. The van der Waals surface area contributed by atoms with Crippen LogP contribution in [0.3, 0.4) is 0 Å². The van der Waals surface area contributed by atoms with E-state index in [0.717, 1.165) is 60.2 Å². The summed E-state index contributed by atoms with van der Waals surface area (Å²) in [7, 11) is -1.12. The summed E-state index contributed by atoms with van der Waals surface area (Å²) >= 11 is 3.60. The number of carbonyl (C=O) groups excluding carboxylic acids is 3. The van der Waals surface area contributed by atoms with E-state index in [1.165, 1.54) is 12.1 Å². The maximum Gasteiger partial charge on any atom is 0.234 e. The Bertz CT molecular complexity index is 2910. The molecule has 0 unspecified atom stereocenters. The number of halogens is 3. The molecular weight excluding hydrogens is 997 g/mol. The number of nitrogens with zero attached hydrogens (tertiary/aromatic N) is 7. The quantitative estimate of drug-likeness (QED) is 0.0686. The van der Waals surface area contributed by atoms with E-state index in [1.807, 2.05) is 31.2 Å². The largest absolute Gasteiger partial charge is 0.494 e. The lowest BCUT2D eigenvalue weighted by Gasteiger charge is -2.47. The van der Waals surface area contributed by atoms with Crippen LogP contribution in [0.2, 0.25) is 0 Å². The van der Waals surface area contributed by atoms with Gasteiger partial charge < -0.3 is 39.7 Å². The highest BCUT2D eigenvalue weighted by Crippen LogP contribution is 2.43. The van der Waals surface area contributed by atoms with Gasteiger partial charge in [-0.1, -0.05) is 13.0 Å². The molecule has 4 fully saturated rings. The van der Waals surface area contributed by atoms with Crippen molar-refractivity contribution in [1.82, 2.24) is 30.1 Å². The van der Waals surface area contributed by atoms with Gasteiger partial charge >= 0.3 is 0 Å². The van der Waals surface area contributed by atoms with Crippen molar-refractivity contribution < 1.29 is 37.6 Å². The lowest BCUT2D eigenvalue weighted by molar-refractivity contribution is -0.142. The predicted molar refractivity (Wildman–Crippen MR) is 275 cm³/mol. The molecule has 9 rings (SSSR count). The molecule has 3 amide bonds. The number of anilines is 6. The molecule has 0 saturated carbocycles. The van der Waals surface area contributed by atoms with Crippen molar-refractivity contribution in [2.75, 3.05) is 93.3 Å². The highest BCUT2D eigenvalue weighted by Gasteiger charge is 2.40. The number of amides is 3. The number of aliphatic hydroxyl groups is 1. The first-order valence-electron chi connectivity index (χ1n) is 24.2. The first-order chi connectivity index (χ1) is 34.0. The number of carbonyl (C=O) groups is 3. The van der Waals surface area contributed by atoms with Crippen LogP contribution in [0.25, 0.3) is 10.9 Å². The van der Waals surface area contributed by atoms with E-state index in [0.29, 0.717) is 77.0 Å². The Kier molecular flexibility index (Phi) is 14.7. The lowest BCUT2D eigenvalue weighted by Crippen LogP contribution is -2.61. The average Bonchev–Trinajstić information content (AvgIpc) is 3.85. The third-order valence-corrected chi connectivity index (χ3v) is 16.6. The number of imide groups is 1. The second-order valence-corrected chi connectivity index (χ2v) is 23.3. The molecule has 5 aromatic rings. The number of benzene rings is 3. The van der Waals surface area contributed by atoms with E-state index in [1.54, 1.807) is 36.4 Å². The van der Waals surface area contributed by atoms with Gasteiger partial charge in [-0.3, -0.25) is 29.6 Å². The Morgan fingerprint density at radius 2 is 1.68 bits per heavy atom. The normalized spacial score (nSPS) is 20.4. The zero-order valence-electron chi connectivity index (χ0n) is 40.6. The summed E-state index contributed by atoms with van der Waals surface area (Å²) in [4.78, 5) is 60.4. The number of hydrogen-bond donors (Lipinski definition) is 4. The third-order valence-electron chi connectivity index (χ3n) is 14.4. The number of hydrogen-bond acceptors (Lipinski definition) is 14. The van der Waals surface area contributed by atoms with Crippen LogP contribution < -0.4 is 35.8 Å². The molecule has 4 N–H and O–H groups in total. The second-order valence-electron chi connectivity index (χ2n) is 19.3. The summed E-state index contributed by atoms with van der Waals surface area (Å²) in [5, 5.41) is 21.1. The zero-order valence-corrected chi connectivity index (χ0v) is 43.1. The highest BCUT2D eigenvalue weighted by atomic mass is 79.9. The van der Waals surface area contributed by atoms with Crippen molar-refractivity contribution in [2.45, 2.75) is 70.4 Å². The van der Waals surface area contributed by atoms with Gasteiger partial charge in [0.15, 0.2) is 0 Å². The van der Waals surface area contributed by atoms with Gasteiger partial charge in [0.2, 0.25) is 23.7 Å². The van der Waals surface area contributed by atoms with Crippen molar-refractivity contribution >= 4 is 91.5 Å². The Hall–Kier alpha value is -5.75. The van der Waals surface area contributed by atoms with E-state index in [2.05, 4.69) is 70.7 Å². The lowest BCUT2D eigenvalue weighted by atomic mass is 9.89. The predicted octanol–water partition coefficient (Wildman–Crippen LogP) is 7.20. The van der Waals surface area contributed by atoms with Crippen LogP contribution in [0.1, 0.15) is 61.8 Å². The fourth-order valence-electron chi connectivity index (χ4n) is 10.8. The molecule has 3 atom stereocenters. The van der Waals surface area contributed by atoms with Crippen LogP contribution in [0.4, 0.5) is 43.3 Å². The van der Waals surface area contributed by atoms with Gasteiger partial charge in [0, 0.05) is 104 Å². The molecule has 0 bridgehead atoms. The highest BCUT2D eigenvalue weighted by molar-refractivity contribution is 9.10. The number of aryl methyl sites for hydroxylation is 2. The van der Waals surface area contributed by atoms with Crippen LogP contribution in [0.15, 0.2) is 59.2 Å². The Balaban J connectivity index is 0.817. The van der Waals surface area contributed by atoms with Gasteiger partial charge in [0.1, 0.15) is 30.3 Å². The molecule has 3 aromatic carbocycles. The van der Waals surface area contributed by atoms with E-state index < -0.39 is 42.4 Å². The van der Waals surface area contributed by atoms with Crippen molar-refractivity contribution in [3.05, 3.63) is 87.7 Å². The molecule has 0 radical (unpaired) electrons. The number of pyridine rings is 1. The van der Waals surface area contributed by atoms with Crippen LogP contribution >= 0.6 is 23.1 Å². The first-order valence-corrected chi connectivity index (χ1v) is 27.6. The molecule has 20 heteroatoms. The van der Waals surface area contributed by atoms with E-state index in [9.17, 15) is 24.1 Å². The Labute approximate surface area is 420 Å². The average molecular weight is 1060 g/mol. The zero-order chi connectivity index (χ0) is 50.3. The van der Waals surface area contributed by atoms with Crippen molar-refractivity contribution in [1.29, 1.82) is 0 Å². The number of ether oxygens (including phenoxy) is 1. The summed E-state index contributed by atoms with van der Waals surface area (Å²) < 4.78 is 51.0. The SMILES string of the molecule is CCc1cc(Nc2ncc(Br)c(Nc3ccc4nc(C)ccc4c3P(C)(C)=O)n2)c(OC)cc1N1CCC(N2CCN(C(=O)[C@@H]3CCN(c4cc(F)c([C@H]5CCC(=O)NC5=O)c(F)c4)C3)[C@H](CO)C2)CC1. The molecule has 4 saturated heterocycles. The Morgan fingerprint density at radius 3 is 2.37 bits per heavy atom. The number of rotatable bonds is 13. The fourth-order valence-corrected chi connectivity index (χ4v) is 12.6. The van der Waals surface area contributed by atoms with Gasteiger partial charge in [0.25, 0.3) is 0 Å². The standard InChI is InChI=1S/C51H60BrF2N10O6P/c1-6-30-21-42(58-51-55-25-37(52)48(60-51)57-41-11-10-40-35(8-7-29(2)56-40)47(41)71(4,5)69)44(70-3)24-43(30)61-17-14-32(15-18-61)63-19-20-64(34(27-63)28-65)50(68)31-13-16-62(26-31)33-22-38(53)46(39(54)23-33)36-9-12-45(66)59-49(36)67/h7-8,10-11,21-25,31-32,34,36,65H,6,9,12-20,26-28H2,1-5H3,(H,59,66,67)(H2,55,57,58,60)/t31-,34+,36-/m1/s1. The number of fused-ring (bicyclic) bond motifs is 1. The third kappa shape index (κ3) is 10.5. The van der Waals surface area contributed by atoms with Gasteiger partial charge in [-0.2, -0.15) is 4.98 Å². The van der Waals surface area contributed by atoms with Crippen LogP contribution in [-0.2, 0) is 25.4 Å². The number of aliphatic hydroxyl groups excluding tert-OH is 1. The number of methoxy groups -OCH3 is 1. The van der Waals surface area contributed by atoms with Crippen molar-refractivity contribution in [3.8, 4) is 5.75 Å². The summed E-state index contributed by atoms with van der Waals surface area (Å²) in [5.41, 5.74) is 5.22. The molecule has 0 spiro atoms. The minimum Gasteiger partial charge on any atom is -0.494 e. The first kappa shape index (κ1) is 50.2. The van der Waals surface area contributed by atoms with Gasteiger partial charge in [-0.15, -0.1) is 0 Å². The molecule has 376 valence electrons. The summed E-state index contributed by atoms with van der Waals surface area (Å²) in [5.74, 6) is -2.96. The monoisotopic (exact) mass is 1060 g/mol. The van der Waals surface area contributed by atoms with Gasteiger partial charge in [0.05, 0.1) is 53.0 Å². The smallest absolute Gasteiger partial charge is 0.234 e. The molecule has 4 aliphatic rings. The van der Waals surface area contributed by atoms with Crippen molar-refractivity contribution in [3.63, 3.8) is 0 Å². The van der Waals surface area contributed by atoms with E-state index in [4.69, 9.17) is 9.72 Å². The number of piperazine rings is 1. The topological polar surface area (TPSA) is 185 Å². The maximum absolute atomic E-state index is 15.4. The molecule has 6 heterocycles. The molecule has 0 aliphatic carbocycles. The molecule has 16 nitrogen and oxygen atoms in total. The van der Waals surface area contributed by atoms with Crippen LogP contribution in [-0.4, -0.2) is 133 Å². The summed E-state index contributed by atoms with van der Waals surface area (Å²) in [6.07, 6.45) is 4.77. The number of nitrogens with one attached hydrogen (secondary N) is 3. The Morgan fingerprint density at radius 1 is 0.930 bits per heavy atom. The minimum atomic E-state index is -2.76. The number of piperidine rings is 2. The van der Waals surface area contributed by atoms with E-state index in [-0.39, 0.29) is 49.5 Å². The summed E-state index contributed by atoms with van der Waals surface area (Å²) in [6, 6.07) is 14.1. The van der Waals surface area contributed by atoms with Crippen LogP contribution in [0.5, 0.6) is 5.75 Å². The molecular formula is C51H60BrF2N10O6P. The second kappa shape index (κ2) is 20.8. The van der Waals surface area contributed by atoms with Crippen molar-refractivity contribution in [2.24, 2.45) is 5.92 Å². The maximum atomic E-state index is 15.4. The van der Waals surface area contributed by atoms with Gasteiger partial charge in [-0.05, 0) is 110 Å². The summed E-state index contributed by atoms with van der Waals surface area (Å²) in [6.45, 7) is 11.4. The molecule has 4 aliphatic heterocycles. The molecule has 2 aromatic heterocycles. The van der Waals surface area contributed by atoms with E-state index >= 15 is 8.78 Å². The number of aromatic nitrogens is 3. The van der Waals surface area contributed by atoms with Crippen LogP contribution in [0, 0.1) is 24.5 Å². The minimum absolute atomic E-state index is 0.00717. The molecule has 71 heavy (non-hydrogen) atoms. The van der Waals surface area contributed by atoms with Gasteiger partial charge in [-0.25, -0.2) is 13.8 Å².